The Morgan fingerprint density at radius 3 is 2.55 bits per heavy atom. The largest absolute Gasteiger partial charge is 0.457 e. The van der Waals surface area contributed by atoms with Gasteiger partial charge >= 0.3 is 12.1 Å². The third kappa shape index (κ3) is 4.73. The zero-order chi connectivity index (χ0) is 15.3. The van der Waals surface area contributed by atoms with Crippen LogP contribution in [0.4, 0.5) is 18.9 Å². The summed E-state index contributed by atoms with van der Waals surface area (Å²) in [5.74, 6) is -0.866. The van der Waals surface area contributed by atoms with E-state index in [4.69, 9.17) is 15.2 Å². The number of hydrogen-bond donors (Lipinski definition) is 1. The van der Waals surface area contributed by atoms with E-state index >= 15 is 0 Å². The molecule has 112 valence electrons. The molecule has 0 aliphatic heterocycles. The van der Waals surface area contributed by atoms with E-state index in [1.165, 1.54) is 0 Å². The van der Waals surface area contributed by atoms with Crippen molar-refractivity contribution < 1.29 is 27.4 Å². The lowest BCUT2D eigenvalue weighted by Crippen LogP contribution is -2.21. The Morgan fingerprint density at radius 1 is 1.35 bits per heavy atom. The molecule has 1 aromatic rings. The van der Waals surface area contributed by atoms with Crippen molar-refractivity contribution in [1.82, 2.24) is 0 Å². The van der Waals surface area contributed by atoms with E-state index in [1.807, 2.05) is 0 Å². The van der Waals surface area contributed by atoms with Crippen LogP contribution in [0.25, 0.3) is 0 Å². The molecule has 0 saturated carbocycles. The van der Waals surface area contributed by atoms with Gasteiger partial charge in [-0.3, -0.25) is 0 Å². The molecule has 0 saturated heterocycles. The molecule has 0 spiro atoms. The van der Waals surface area contributed by atoms with Crippen LogP contribution in [0.3, 0.4) is 0 Å². The summed E-state index contributed by atoms with van der Waals surface area (Å²) in [6.45, 7) is 4.00. The molecule has 0 bridgehead atoms. The van der Waals surface area contributed by atoms with Gasteiger partial charge in [0.1, 0.15) is 6.10 Å². The zero-order valence-electron chi connectivity index (χ0n) is 11.2. The van der Waals surface area contributed by atoms with Gasteiger partial charge in [0.05, 0.1) is 17.7 Å². The van der Waals surface area contributed by atoms with Crippen LogP contribution >= 0.6 is 0 Å². The van der Waals surface area contributed by atoms with Gasteiger partial charge < -0.3 is 15.2 Å². The second kappa shape index (κ2) is 6.60. The van der Waals surface area contributed by atoms with Crippen LogP contribution in [0, 0.1) is 0 Å². The Bertz CT molecular complexity index is 474. The summed E-state index contributed by atoms with van der Waals surface area (Å²) in [6, 6.07) is 2.62. The minimum absolute atomic E-state index is 0.149. The molecule has 0 radical (unpaired) electrons. The highest BCUT2D eigenvalue weighted by atomic mass is 19.4. The summed E-state index contributed by atoms with van der Waals surface area (Å²) >= 11 is 0. The van der Waals surface area contributed by atoms with Crippen molar-refractivity contribution in [3.8, 4) is 0 Å². The number of esters is 1. The Morgan fingerprint density at radius 2 is 2.00 bits per heavy atom. The Hall–Kier alpha value is -1.76. The van der Waals surface area contributed by atoms with Gasteiger partial charge in [-0.2, -0.15) is 13.2 Å². The third-order valence-electron chi connectivity index (χ3n) is 2.38. The second-order valence-corrected chi connectivity index (χ2v) is 4.22. The molecular formula is C13H16F3NO3. The van der Waals surface area contributed by atoms with Crippen LogP contribution in [-0.4, -0.2) is 25.3 Å². The molecule has 4 nitrogen and oxygen atoms in total. The average Bonchev–Trinajstić information content (AvgIpc) is 2.34. The number of rotatable bonds is 5. The fourth-order valence-corrected chi connectivity index (χ4v) is 1.50. The van der Waals surface area contributed by atoms with Gasteiger partial charge in [-0.05, 0) is 32.0 Å². The molecule has 2 N–H and O–H groups in total. The van der Waals surface area contributed by atoms with Crippen LogP contribution in [0.5, 0.6) is 0 Å². The standard InChI is InChI=1S/C13H16F3NO3/c1-3-19-7-8(2)20-12(18)9-4-10(13(14,15)16)6-11(17)5-9/h4-6,8H,3,7,17H2,1-2H3. The highest BCUT2D eigenvalue weighted by molar-refractivity contribution is 5.90. The quantitative estimate of drug-likeness (QED) is 0.669. The molecular weight excluding hydrogens is 275 g/mol. The zero-order valence-corrected chi connectivity index (χ0v) is 11.2. The number of hydrogen-bond acceptors (Lipinski definition) is 4. The monoisotopic (exact) mass is 291 g/mol. The molecule has 0 aliphatic rings. The summed E-state index contributed by atoms with van der Waals surface area (Å²) in [7, 11) is 0. The lowest BCUT2D eigenvalue weighted by Gasteiger charge is -2.14. The lowest BCUT2D eigenvalue weighted by molar-refractivity contribution is -0.137. The third-order valence-corrected chi connectivity index (χ3v) is 2.38. The molecule has 1 unspecified atom stereocenters. The number of nitrogens with two attached hydrogens (primary N) is 1. The van der Waals surface area contributed by atoms with Gasteiger partial charge in [-0.15, -0.1) is 0 Å². The average molecular weight is 291 g/mol. The van der Waals surface area contributed by atoms with Crippen molar-refractivity contribution in [2.24, 2.45) is 0 Å². The lowest BCUT2D eigenvalue weighted by atomic mass is 10.1. The molecule has 1 atom stereocenters. The summed E-state index contributed by atoms with van der Waals surface area (Å²) < 4.78 is 47.9. The number of carbonyl (C=O) groups is 1. The Kier molecular flexibility index (Phi) is 5.38. The maximum Gasteiger partial charge on any atom is 0.416 e. The van der Waals surface area contributed by atoms with Crippen molar-refractivity contribution in [2.45, 2.75) is 26.1 Å². The number of carbonyl (C=O) groups excluding carboxylic acids is 1. The van der Waals surface area contributed by atoms with Crippen LogP contribution in [0.1, 0.15) is 29.8 Å². The Balaban J connectivity index is 2.85. The molecule has 7 heteroatoms. The first-order valence-corrected chi connectivity index (χ1v) is 6.00. The second-order valence-electron chi connectivity index (χ2n) is 4.22. The predicted octanol–water partition coefficient (Wildman–Crippen LogP) is 2.87. The van der Waals surface area contributed by atoms with E-state index in [2.05, 4.69) is 0 Å². The normalized spacial score (nSPS) is 13.1. The molecule has 0 aromatic heterocycles. The molecule has 1 rings (SSSR count). The van der Waals surface area contributed by atoms with Crippen molar-refractivity contribution >= 4 is 11.7 Å². The fraction of sp³-hybridized carbons (Fsp3) is 0.462. The van der Waals surface area contributed by atoms with Gasteiger partial charge in [0.2, 0.25) is 0 Å². The summed E-state index contributed by atoms with van der Waals surface area (Å²) in [5, 5.41) is 0. The van der Waals surface area contributed by atoms with Crippen LogP contribution in [-0.2, 0) is 15.7 Å². The van der Waals surface area contributed by atoms with E-state index in [9.17, 15) is 18.0 Å². The molecule has 0 heterocycles. The van der Waals surface area contributed by atoms with E-state index in [-0.39, 0.29) is 17.9 Å². The molecule has 0 aliphatic carbocycles. The molecule has 20 heavy (non-hydrogen) atoms. The van der Waals surface area contributed by atoms with E-state index in [0.29, 0.717) is 12.7 Å². The number of benzene rings is 1. The first kappa shape index (κ1) is 16.3. The first-order valence-electron chi connectivity index (χ1n) is 6.00. The van der Waals surface area contributed by atoms with Gasteiger partial charge in [0, 0.05) is 12.3 Å². The number of ether oxygens (including phenoxy) is 2. The van der Waals surface area contributed by atoms with E-state index < -0.39 is 23.8 Å². The predicted molar refractivity (Wildman–Crippen MR) is 67.2 cm³/mol. The smallest absolute Gasteiger partial charge is 0.416 e. The van der Waals surface area contributed by atoms with Crippen LogP contribution < -0.4 is 5.73 Å². The maximum absolute atomic E-state index is 12.6. The minimum Gasteiger partial charge on any atom is -0.457 e. The summed E-state index contributed by atoms with van der Waals surface area (Å²) in [4.78, 5) is 11.7. The highest BCUT2D eigenvalue weighted by Crippen LogP contribution is 2.31. The topological polar surface area (TPSA) is 61.5 Å². The number of nitrogen functional groups attached to an aromatic ring is 1. The van der Waals surface area contributed by atoms with Gasteiger partial charge in [0.25, 0.3) is 0 Å². The van der Waals surface area contributed by atoms with Crippen molar-refractivity contribution in [3.05, 3.63) is 29.3 Å². The number of alkyl halides is 3. The SMILES string of the molecule is CCOCC(C)OC(=O)c1cc(N)cc(C(F)(F)F)c1. The maximum atomic E-state index is 12.6. The molecule has 1 aromatic carbocycles. The highest BCUT2D eigenvalue weighted by Gasteiger charge is 2.32. The van der Waals surface area contributed by atoms with Crippen molar-refractivity contribution in [3.63, 3.8) is 0 Å². The Labute approximate surface area is 114 Å². The summed E-state index contributed by atoms with van der Waals surface area (Å²) in [5.41, 5.74) is 4.00. The first-order chi connectivity index (χ1) is 9.24. The summed E-state index contributed by atoms with van der Waals surface area (Å²) in [6.07, 6.45) is -5.13. The van der Waals surface area contributed by atoms with Gasteiger partial charge in [0.15, 0.2) is 0 Å². The fourth-order valence-electron chi connectivity index (χ4n) is 1.50. The van der Waals surface area contributed by atoms with E-state index in [0.717, 1.165) is 12.1 Å². The molecule has 0 amide bonds. The van der Waals surface area contributed by atoms with E-state index in [1.54, 1.807) is 13.8 Å². The van der Waals surface area contributed by atoms with Gasteiger partial charge in [-0.25, -0.2) is 4.79 Å². The van der Waals surface area contributed by atoms with Gasteiger partial charge in [-0.1, -0.05) is 0 Å². The van der Waals surface area contributed by atoms with Crippen molar-refractivity contribution in [2.75, 3.05) is 18.9 Å². The number of halogens is 3. The minimum atomic E-state index is -4.57. The van der Waals surface area contributed by atoms with Crippen LogP contribution in [0.15, 0.2) is 18.2 Å². The van der Waals surface area contributed by atoms with Crippen LogP contribution in [0.2, 0.25) is 0 Å². The van der Waals surface area contributed by atoms with Crippen molar-refractivity contribution in [1.29, 1.82) is 0 Å². The number of anilines is 1. The molecule has 0 fully saturated rings.